The maximum atomic E-state index is 4.59. The van der Waals surface area contributed by atoms with E-state index in [9.17, 15) is 0 Å². The van der Waals surface area contributed by atoms with Gasteiger partial charge in [0.05, 0.1) is 11.0 Å². The van der Waals surface area contributed by atoms with Crippen LogP contribution in [0.2, 0.25) is 0 Å². The highest BCUT2D eigenvalue weighted by molar-refractivity contribution is 7.09. The van der Waals surface area contributed by atoms with E-state index in [1.165, 1.54) is 15.8 Å². The fourth-order valence-corrected chi connectivity index (χ4v) is 3.21. The minimum Gasteiger partial charge on any atom is -0.310 e. The Kier molecular flexibility index (Phi) is 4.58. The van der Waals surface area contributed by atoms with Crippen LogP contribution in [0.5, 0.6) is 0 Å². The Morgan fingerprint density at radius 1 is 1.24 bits per heavy atom. The molecule has 2 aromatic heterocycles. The second-order valence-electron chi connectivity index (χ2n) is 5.10. The van der Waals surface area contributed by atoms with Crippen molar-refractivity contribution in [1.29, 1.82) is 0 Å². The molecular weight excluding hydrogens is 278 g/mol. The van der Waals surface area contributed by atoms with Gasteiger partial charge >= 0.3 is 0 Å². The Hall–Kier alpha value is -1.78. The van der Waals surface area contributed by atoms with E-state index in [0.717, 1.165) is 24.9 Å². The third kappa shape index (κ3) is 3.28. The highest BCUT2D eigenvalue weighted by atomic mass is 32.1. The molecule has 0 bridgehead atoms. The van der Waals surface area contributed by atoms with Gasteiger partial charge in [-0.3, -0.25) is 9.97 Å². The number of nitrogens with zero attached hydrogens (tertiary/aromatic N) is 2. The summed E-state index contributed by atoms with van der Waals surface area (Å²) in [6.45, 7) is 3.20. The zero-order valence-corrected chi connectivity index (χ0v) is 12.9. The number of aromatic nitrogens is 2. The van der Waals surface area contributed by atoms with Crippen LogP contribution in [0.4, 0.5) is 0 Å². The van der Waals surface area contributed by atoms with Gasteiger partial charge < -0.3 is 5.32 Å². The van der Waals surface area contributed by atoms with Crippen molar-refractivity contribution in [3.8, 4) is 0 Å². The summed E-state index contributed by atoms with van der Waals surface area (Å²) in [7, 11) is 0. The van der Waals surface area contributed by atoms with Crippen LogP contribution in [0.15, 0.2) is 48.2 Å². The highest BCUT2D eigenvalue weighted by Crippen LogP contribution is 2.26. The van der Waals surface area contributed by atoms with Crippen molar-refractivity contribution in [1.82, 2.24) is 15.3 Å². The molecular formula is C17H19N3S. The lowest BCUT2D eigenvalue weighted by Crippen LogP contribution is -2.24. The Labute approximate surface area is 129 Å². The Bertz CT molecular complexity index is 689. The Balaban J connectivity index is 1.97. The third-order valence-corrected chi connectivity index (χ3v) is 4.37. The lowest BCUT2D eigenvalue weighted by Gasteiger charge is -2.19. The molecule has 2 heterocycles. The van der Waals surface area contributed by atoms with Crippen molar-refractivity contribution in [3.63, 3.8) is 0 Å². The van der Waals surface area contributed by atoms with Crippen molar-refractivity contribution < 1.29 is 0 Å². The van der Waals surface area contributed by atoms with Crippen LogP contribution < -0.4 is 5.32 Å². The van der Waals surface area contributed by atoms with Crippen LogP contribution >= 0.6 is 11.3 Å². The predicted octanol–water partition coefficient (Wildman–Crippen LogP) is 3.97. The zero-order valence-electron chi connectivity index (χ0n) is 12.1. The van der Waals surface area contributed by atoms with Crippen molar-refractivity contribution in [2.24, 2.45) is 0 Å². The van der Waals surface area contributed by atoms with Gasteiger partial charge in [-0.2, -0.15) is 0 Å². The van der Waals surface area contributed by atoms with Gasteiger partial charge in [-0.1, -0.05) is 31.2 Å². The van der Waals surface area contributed by atoms with Crippen LogP contribution in [0, 0.1) is 0 Å². The topological polar surface area (TPSA) is 37.8 Å². The average molecular weight is 297 g/mol. The first kappa shape index (κ1) is 14.2. The average Bonchev–Trinajstić information content (AvgIpc) is 3.04. The highest BCUT2D eigenvalue weighted by Gasteiger charge is 2.15. The molecule has 0 saturated carbocycles. The number of benzene rings is 1. The number of fused-ring (bicyclic) bond motifs is 1. The SMILES string of the molecule is CCCNC(Cc1cncs1)c1cccc2cccnc12. The summed E-state index contributed by atoms with van der Waals surface area (Å²) >= 11 is 1.71. The first-order valence-electron chi connectivity index (χ1n) is 7.33. The number of pyridine rings is 1. The van der Waals surface area contributed by atoms with Crippen molar-refractivity contribution in [2.75, 3.05) is 6.54 Å². The molecule has 1 atom stereocenters. The second kappa shape index (κ2) is 6.78. The molecule has 108 valence electrons. The number of hydrogen-bond acceptors (Lipinski definition) is 4. The summed E-state index contributed by atoms with van der Waals surface area (Å²) in [5.41, 5.74) is 4.26. The molecule has 0 aliphatic rings. The molecule has 0 radical (unpaired) electrons. The fraction of sp³-hybridized carbons (Fsp3) is 0.294. The van der Waals surface area contributed by atoms with E-state index in [2.05, 4.69) is 46.5 Å². The maximum Gasteiger partial charge on any atom is 0.0794 e. The molecule has 0 fully saturated rings. The number of thiazole rings is 1. The molecule has 0 aliphatic carbocycles. The molecule has 0 aliphatic heterocycles. The summed E-state index contributed by atoms with van der Waals surface area (Å²) in [5.74, 6) is 0. The van der Waals surface area contributed by atoms with Crippen LogP contribution in [-0.4, -0.2) is 16.5 Å². The smallest absolute Gasteiger partial charge is 0.0794 e. The predicted molar refractivity (Wildman–Crippen MR) is 88.6 cm³/mol. The van der Waals surface area contributed by atoms with E-state index in [-0.39, 0.29) is 6.04 Å². The van der Waals surface area contributed by atoms with Gasteiger partial charge in [-0.25, -0.2) is 0 Å². The lowest BCUT2D eigenvalue weighted by molar-refractivity contribution is 0.534. The first-order valence-corrected chi connectivity index (χ1v) is 8.21. The van der Waals surface area contributed by atoms with Gasteiger partial charge in [0.2, 0.25) is 0 Å². The number of para-hydroxylation sites is 1. The fourth-order valence-electron chi connectivity index (χ4n) is 2.56. The van der Waals surface area contributed by atoms with Gasteiger partial charge in [-0.15, -0.1) is 11.3 Å². The molecule has 3 rings (SSSR count). The van der Waals surface area contributed by atoms with Gasteiger partial charge in [0, 0.05) is 35.1 Å². The molecule has 4 heteroatoms. The summed E-state index contributed by atoms with van der Waals surface area (Å²) < 4.78 is 0. The molecule has 1 aromatic carbocycles. The zero-order chi connectivity index (χ0) is 14.5. The molecule has 1 N–H and O–H groups in total. The molecule has 0 saturated heterocycles. The summed E-state index contributed by atoms with van der Waals surface area (Å²) in [6.07, 6.45) is 5.91. The lowest BCUT2D eigenvalue weighted by atomic mass is 9.99. The molecule has 0 spiro atoms. The van der Waals surface area contributed by atoms with E-state index in [0.29, 0.717) is 0 Å². The standard InChI is InChI=1S/C17H19N3S/c1-2-8-19-16(10-14-11-18-12-21-14)15-7-3-5-13-6-4-9-20-17(13)15/h3-7,9,11-12,16,19H,2,8,10H2,1H3. The van der Waals surface area contributed by atoms with E-state index < -0.39 is 0 Å². The number of rotatable bonds is 6. The quantitative estimate of drug-likeness (QED) is 0.748. The van der Waals surface area contributed by atoms with Gasteiger partial charge in [0.25, 0.3) is 0 Å². The molecule has 3 aromatic rings. The van der Waals surface area contributed by atoms with E-state index in [1.807, 2.05) is 24.0 Å². The minimum atomic E-state index is 0.281. The van der Waals surface area contributed by atoms with Crippen LogP contribution in [-0.2, 0) is 6.42 Å². The Morgan fingerprint density at radius 3 is 2.95 bits per heavy atom. The monoisotopic (exact) mass is 297 g/mol. The summed E-state index contributed by atoms with van der Waals surface area (Å²) in [4.78, 5) is 10.1. The van der Waals surface area contributed by atoms with Gasteiger partial charge in [0.1, 0.15) is 0 Å². The van der Waals surface area contributed by atoms with Crippen molar-refractivity contribution in [3.05, 3.63) is 58.7 Å². The van der Waals surface area contributed by atoms with Gasteiger partial charge in [-0.05, 0) is 24.6 Å². The normalized spacial score (nSPS) is 12.6. The van der Waals surface area contributed by atoms with E-state index in [1.54, 1.807) is 11.3 Å². The van der Waals surface area contributed by atoms with E-state index >= 15 is 0 Å². The van der Waals surface area contributed by atoms with Crippen LogP contribution in [0.1, 0.15) is 29.8 Å². The largest absolute Gasteiger partial charge is 0.310 e. The summed E-state index contributed by atoms with van der Waals surface area (Å²) in [6, 6.07) is 10.8. The number of nitrogens with one attached hydrogen (secondary N) is 1. The summed E-state index contributed by atoms with van der Waals surface area (Å²) in [5, 5.41) is 4.85. The third-order valence-electron chi connectivity index (χ3n) is 3.57. The maximum absolute atomic E-state index is 4.59. The van der Waals surface area contributed by atoms with Crippen LogP contribution in [0.25, 0.3) is 10.9 Å². The molecule has 0 amide bonds. The molecule has 3 nitrogen and oxygen atoms in total. The second-order valence-corrected chi connectivity index (χ2v) is 6.07. The van der Waals surface area contributed by atoms with Crippen molar-refractivity contribution >= 4 is 22.2 Å². The molecule has 21 heavy (non-hydrogen) atoms. The van der Waals surface area contributed by atoms with Gasteiger partial charge in [0.15, 0.2) is 0 Å². The van der Waals surface area contributed by atoms with Crippen LogP contribution in [0.3, 0.4) is 0 Å². The molecule has 1 unspecified atom stereocenters. The Morgan fingerprint density at radius 2 is 2.14 bits per heavy atom. The first-order chi connectivity index (χ1) is 10.4. The number of hydrogen-bond donors (Lipinski definition) is 1. The van der Waals surface area contributed by atoms with E-state index in [4.69, 9.17) is 0 Å². The van der Waals surface area contributed by atoms with Crippen molar-refractivity contribution in [2.45, 2.75) is 25.8 Å². The minimum absolute atomic E-state index is 0.281.